The van der Waals surface area contributed by atoms with Crippen LogP contribution in [0.2, 0.25) is 0 Å². The Morgan fingerprint density at radius 1 is 0.881 bits per heavy atom. The standard InChI is InChI=1S/C33H49N3O6/c1-25(2)22-36(30(39)42-31(3,4)5)33(40,20-26-14-10-8-11-15-26)18-19-34-28(37)21-32(6,7)24-35-29(38)41-23-27-16-12-9-13-17-27/h8-17,25,40H,18-24H2,1-7H3,(H,34,37)(H,35,38). The molecule has 9 nitrogen and oxygen atoms in total. The van der Waals surface area contributed by atoms with Crippen molar-refractivity contribution in [1.82, 2.24) is 15.5 Å². The average Bonchev–Trinajstić information content (AvgIpc) is 2.89. The first-order chi connectivity index (χ1) is 19.6. The van der Waals surface area contributed by atoms with Gasteiger partial charge < -0.3 is 25.2 Å². The van der Waals surface area contributed by atoms with Crippen molar-refractivity contribution < 1.29 is 29.0 Å². The molecule has 0 heterocycles. The van der Waals surface area contributed by atoms with Crippen LogP contribution < -0.4 is 10.6 Å². The van der Waals surface area contributed by atoms with Crippen LogP contribution >= 0.6 is 0 Å². The van der Waals surface area contributed by atoms with Crippen molar-refractivity contribution in [3.8, 4) is 0 Å². The third-order valence-electron chi connectivity index (χ3n) is 6.40. The molecule has 0 spiro atoms. The first-order valence-electron chi connectivity index (χ1n) is 14.6. The monoisotopic (exact) mass is 583 g/mol. The number of hydrogen-bond donors (Lipinski definition) is 3. The van der Waals surface area contributed by atoms with Crippen LogP contribution in [0.4, 0.5) is 9.59 Å². The molecule has 1 atom stereocenters. The lowest BCUT2D eigenvalue weighted by Crippen LogP contribution is -2.57. The van der Waals surface area contributed by atoms with Crippen LogP contribution in [0.15, 0.2) is 60.7 Å². The minimum atomic E-state index is -1.60. The summed E-state index contributed by atoms with van der Waals surface area (Å²) in [6, 6.07) is 18.8. The molecule has 0 saturated heterocycles. The van der Waals surface area contributed by atoms with Gasteiger partial charge in [0.2, 0.25) is 5.91 Å². The third kappa shape index (κ3) is 12.9. The highest BCUT2D eigenvalue weighted by Crippen LogP contribution is 2.26. The predicted molar refractivity (Wildman–Crippen MR) is 164 cm³/mol. The van der Waals surface area contributed by atoms with Crippen molar-refractivity contribution in [3.63, 3.8) is 0 Å². The first-order valence-corrected chi connectivity index (χ1v) is 14.6. The largest absolute Gasteiger partial charge is 0.445 e. The molecule has 1 unspecified atom stereocenters. The zero-order valence-electron chi connectivity index (χ0n) is 26.2. The molecule has 0 bridgehead atoms. The summed E-state index contributed by atoms with van der Waals surface area (Å²) in [5.41, 5.74) is -1.13. The lowest BCUT2D eigenvalue weighted by atomic mass is 9.89. The van der Waals surface area contributed by atoms with Crippen LogP contribution in [0.3, 0.4) is 0 Å². The van der Waals surface area contributed by atoms with Gasteiger partial charge in [-0.1, -0.05) is 88.4 Å². The fourth-order valence-corrected chi connectivity index (χ4v) is 4.39. The molecule has 9 heteroatoms. The Kier molecular flexibility index (Phi) is 12.8. The summed E-state index contributed by atoms with van der Waals surface area (Å²) < 4.78 is 10.9. The SMILES string of the molecule is CC(C)CN(C(=O)OC(C)(C)C)C(O)(CCNC(=O)CC(C)(C)CNC(=O)OCc1ccccc1)Cc1ccccc1. The highest BCUT2D eigenvalue weighted by atomic mass is 16.6. The van der Waals surface area contributed by atoms with E-state index < -0.39 is 28.9 Å². The molecule has 0 radical (unpaired) electrons. The third-order valence-corrected chi connectivity index (χ3v) is 6.40. The highest BCUT2D eigenvalue weighted by Gasteiger charge is 2.40. The Morgan fingerprint density at radius 2 is 1.45 bits per heavy atom. The van der Waals surface area contributed by atoms with Gasteiger partial charge in [0.05, 0.1) is 0 Å². The molecule has 42 heavy (non-hydrogen) atoms. The lowest BCUT2D eigenvalue weighted by Gasteiger charge is -2.41. The maximum absolute atomic E-state index is 13.3. The molecule has 232 valence electrons. The molecule has 0 aliphatic carbocycles. The number of rotatable bonds is 14. The molecule has 3 amide bonds. The van der Waals surface area contributed by atoms with Gasteiger partial charge in [-0.25, -0.2) is 9.59 Å². The molecule has 0 fully saturated rings. The maximum atomic E-state index is 13.3. The molecule has 2 aromatic rings. The number of hydrogen-bond acceptors (Lipinski definition) is 6. The summed E-state index contributed by atoms with van der Waals surface area (Å²) in [5.74, 6) is -0.156. The number of alkyl carbamates (subject to hydrolysis) is 1. The van der Waals surface area contributed by atoms with E-state index in [-0.39, 0.29) is 57.3 Å². The molecule has 0 aromatic heterocycles. The molecular weight excluding hydrogens is 534 g/mol. The van der Waals surface area contributed by atoms with Gasteiger partial charge in [-0.05, 0) is 43.2 Å². The molecule has 3 N–H and O–H groups in total. The number of nitrogens with zero attached hydrogens (tertiary/aromatic N) is 1. The summed E-state index contributed by atoms with van der Waals surface area (Å²) in [6.07, 6.45) is -0.733. The smallest absolute Gasteiger partial charge is 0.412 e. The number of nitrogens with one attached hydrogen (secondary N) is 2. The Balaban J connectivity index is 2.00. The molecule has 0 aliphatic rings. The topological polar surface area (TPSA) is 117 Å². The van der Waals surface area contributed by atoms with Crippen molar-refractivity contribution in [1.29, 1.82) is 0 Å². The number of carbonyl (C=O) groups is 3. The summed E-state index contributed by atoms with van der Waals surface area (Å²) in [4.78, 5) is 39.7. The molecular formula is C33H49N3O6. The van der Waals surface area contributed by atoms with E-state index in [0.29, 0.717) is 0 Å². The van der Waals surface area contributed by atoms with Gasteiger partial charge in [-0.2, -0.15) is 0 Å². The van der Waals surface area contributed by atoms with Gasteiger partial charge in [0.25, 0.3) is 0 Å². The van der Waals surface area contributed by atoms with Crippen LogP contribution in [-0.4, -0.2) is 59.1 Å². The van der Waals surface area contributed by atoms with E-state index in [4.69, 9.17) is 9.47 Å². The predicted octanol–water partition coefficient (Wildman–Crippen LogP) is 5.66. The van der Waals surface area contributed by atoms with E-state index in [2.05, 4.69) is 10.6 Å². The minimum absolute atomic E-state index is 0.0714. The van der Waals surface area contributed by atoms with Gasteiger partial charge in [-0.3, -0.25) is 9.69 Å². The van der Waals surface area contributed by atoms with Crippen molar-refractivity contribution >= 4 is 18.1 Å². The second-order valence-electron chi connectivity index (χ2n) is 13.0. The van der Waals surface area contributed by atoms with Gasteiger partial charge >= 0.3 is 12.2 Å². The number of amides is 3. The summed E-state index contributed by atoms with van der Waals surface area (Å²) in [7, 11) is 0. The first kappa shape index (κ1) is 34.6. The second kappa shape index (κ2) is 15.6. The lowest BCUT2D eigenvalue weighted by molar-refractivity contribution is -0.125. The van der Waals surface area contributed by atoms with Crippen LogP contribution in [-0.2, 0) is 27.3 Å². The number of carbonyl (C=O) groups excluding carboxylic acids is 3. The van der Waals surface area contributed by atoms with Gasteiger partial charge in [0, 0.05) is 38.9 Å². The van der Waals surface area contributed by atoms with Crippen LogP contribution in [0.5, 0.6) is 0 Å². The fraction of sp³-hybridized carbons (Fsp3) is 0.545. The minimum Gasteiger partial charge on any atom is -0.445 e. The summed E-state index contributed by atoms with van der Waals surface area (Å²) in [6.45, 7) is 13.9. The number of benzene rings is 2. The molecule has 2 rings (SSSR count). The van der Waals surface area contributed by atoms with E-state index in [0.717, 1.165) is 11.1 Å². The normalized spacial score (nSPS) is 13.2. The van der Waals surface area contributed by atoms with Crippen LogP contribution in [0, 0.1) is 11.3 Å². The van der Waals surface area contributed by atoms with Crippen molar-refractivity contribution in [3.05, 3.63) is 71.8 Å². The van der Waals surface area contributed by atoms with E-state index in [1.807, 2.05) is 88.4 Å². The van der Waals surface area contributed by atoms with E-state index in [1.54, 1.807) is 20.8 Å². The van der Waals surface area contributed by atoms with Gasteiger partial charge in [-0.15, -0.1) is 0 Å². The molecule has 2 aromatic carbocycles. The van der Waals surface area contributed by atoms with E-state index >= 15 is 0 Å². The Morgan fingerprint density at radius 3 is 2.00 bits per heavy atom. The zero-order chi connectivity index (χ0) is 31.4. The van der Waals surface area contributed by atoms with Gasteiger partial charge in [0.15, 0.2) is 0 Å². The van der Waals surface area contributed by atoms with Crippen molar-refractivity contribution in [2.75, 3.05) is 19.6 Å². The van der Waals surface area contributed by atoms with Crippen LogP contribution in [0.1, 0.15) is 72.4 Å². The van der Waals surface area contributed by atoms with Crippen molar-refractivity contribution in [2.45, 2.75) is 85.7 Å². The zero-order valence-corrected chi connectivity index (χ0v) is 26.2. The Hall–Kier alpha value is -3.59. The maximum Gasteiger partial charge on any atom is 0.412 e. The van der Waals surface area contributed by atoms with E-state index in [9.17, 15) is 19.5 Å². The number of ether oxygens (including phenoxy) is 2. The Labute approximate surface area is 251 Å². The molecule has 0 saturated carbocycles. The molecule has 0 aliphatic heterocycles. The summed E-state index contributed by atoms with van der Waals surface area (Å²) >= 11 is 0. The number of aliphatic hydroxyl groups is 1. The van der Waals surface area contributed by atoms with Gasteiger partial charge in [0.1, 0.15) is 17.9 Å². The Bertz CT molecular complexity index is 1130. The van der Waals surface area contributed by atoms with Crippen molar-refractivity contribution in [2.24, 2.45) is 11.3 Å². The van der Waals surface area contributed by atoms with E-state index in [1.165, 1.54) is 4.90 Å². The quantitative estimate of drug-likeness (QED) is 0.247. The summed E-state index contributed by atoms with van der Waals surface area (Å²) in [5, 5.41) is 17.6. The second-order valence-corrected chi connectivity index (χ2v) is 13.0. The fourth-order valence-electron chi connectivity index (χ4n) is 4.39. The highest BCUT2D eigenvalue weighted by molar-refractivity contribution is 5.76. The average molecular weight is 584 g/mol. The van der Waals surface area contributed by atoms with Crippen LogP contribution in [0.25, 0.3) is 0 Å².